The van der Waals surface area contributed by atoms with Crippen molar-refractivity contribution >= 4 is 11.8 Å². The minimum atomic E-state index is -4.41. The Morgan fingerprint density at radius 3 is 2.38 bits per heavy atom. The van der Waals surface area contributed by atoms with E-state index in [-0.39, 0.29) is 0 Å². The van der Waals surface area contributed by atoms with Gasteiger partial charge in [0.1, 0.15) is 7.05 Å². The molecule has 74 valence electrons. The number of alkyl halides is 3. The molecule has 1 atom stereocenters. The third-order valence-electron chi connectivity index (χ3n) is 2.07. The van der Waals surface area contributed by atoms with Gasteiger partial charge in [-0.25, -0.2) is 4.79 Å². The molecule has 1 heterocycles. The minimum absolute atomic E-state index is 0.508. The van der Waals surface area contributed by atoms with Gasteiger partial charge in [0, 0.05) is 0 Å². The Morgan fingerprint density at radius 2 is 2.00 bits per heavy atom. The van der Waals surface area contributed by atoms with Gasteiger partial charge in [-0.2, -0.15) is 13.2 Å². The number of rotatable bonds is 0. The Labute approximate surface area is 72.5 Å². The highest BCUT2D eigenvalue weighted by Gasteiger charge is 2.47. The van der Waals surface area contributed by atoms with Crippen molar-refractivity contribution in [1.82, 2.24) is 0 Å². The van der Waals surface area contributed by atoms with Crippen LogP contribution >= 0.6 is 0 Å². The van der Waals surface area contributed by atoms with Crippen LogP contribution in [-0.2, 0) is 4.79 Å². The van der Waals surface area contributed by atoms with Gasteiger partial charge in [0.05, 0.1) is 18.8 Å². The summed E-state index contributed by atoms with van der Waals surface area (Å²) >= 11 is 0. The van der Waals surface area contributed by atoms with Gasteiger partial charge < -0.3 is 5.11 Å². The summed E-state index contributed by atoms with van der Waals surface area (Å²) in [5, 5.41) is 9.00. The summed E-state index contributed by atoms with van der Waals surface area (Å²) < 4.78 is 37.2. The molecule has 3 nitrogen and oxygen atoms in total. The van der Waals surface area contributed by atoms with Crippen LogP contribution in [-0.4, -0.2) is 34.7 Å². The van der Waals surface area contributed by atoms with E-state index in [0.29, 0.717) is 0 Å². The molecule has 6 heteroatoms. The topological polar surface area (TPSA) is 40.3 Å². The lowest BCUT2D eigenvalue weighted by molar-refractivity contribution is -0.436. The molecule has 0 bridgehead atoms. The highest BCUT2D eigenvalue weighted by Crippen LogP contribution is 2.33. The van der Waals surface area contributed by atoms with Crippen molar-refractivity contribution in [3.05, 3.63) is 0 Å². The summed E-state index contributed by atoms with van der Waals surface area (Å²) in [6.45, 7) is 0. The van der Waals surface area contributed by atoms with Crippen molar-refractivity contribution in [3.8, 4) is 0 Å². The molecule has 1 unspecified atom stereocenters. The van der Waals surface area contributed by atoms with Gasteiger partial charge in [0.2, 0.25) is 0 Å². The quantitative estimate of drug-likeness (QED) is 0.589. The van der Waals surface area contributed by atoms with Gasteiger partial charge >= 0.3 is 18.0 Å². The van der Waals surface area contributed by atoms with E-state index in [2.05, 4.69) is 0 Å². The van der Waals surface area contributed by atoms with E-state index < -0.39 is 36.7 Å². The number of aliphatic hydroxyl groups is 1. The van der Waals surface area contributed by atoms with Crippen molar-refractivity contribution in [2.24, 2.45) is 5.92 Å². The zero-order valence-electron chi connectivity index (χ0n) is 6.93. The maximum atomic E-state index is 12.1. The molecule has 1 aliphatic heterocycles. The lowest BCUT2D eigenvalue weighted by Crippen LogP contribution is -2.39. The number of amides is 1. The van der Waals surface area contributed by atoms with E-state index in [1.165, 1.54) is 7.05 Å². The fourth-order valence-corrected chi connectivity index (χ4v) is 1.15. The SMILES string of the molecule is C[N+]1=C(O)CC(C(F)(F)F)CC1=O. The number of hydrogen-bond acceptors (Lipinski definition) is 1. The van der Waals surface area contributed by atoms with Gasteiger partial charge in [0.25, 0.3) is 0 Å². The van der Waals surface area contributed by atoms with Gasteiger partial charge in [0.15, 0.2) is 0 Å². The molecule has 0 saturated heterocycles. The fourth-order valence-electron chi connectivity index (χ4n) is 1.15. The van der Waals surface area contributed by atoms with Crippen LogP contribution in [0.1, 0.15) is 12.8 Å². The minimum Gasteiger partial charge on any atom is -0.463 e. The molecule has 0 aromatic heterocycles. The average Bonchev–Trinajstić information content (AvgIpc) is 1.97. The van der Waals surface area contributed by atoms with E-state index in [1.54, 1.807) is 0 Å². The van der Waals surface area contributed by atoms with Gasteiger partial charge in [-0.1, -0.05) is 0 Å². The molecule has 0 radical (unpaired) electrons. The Hall–Kier alpha value is -1.07. The van der Waals surface area contributed by atoms with Crippen LogP contribution in [0.3, 0.4) is 0 Å². The Kier molecular flexibility index (Phi) is 2.32. The molecule has 1 rings (SSSR count). The monoisotopic (exact) mass is 196 g/mol. The fraction of sp³-hybridized carbons (Fsp3) is 0.714. The molecule has 13 heavy (non-hydrogen) atoms. The van der Waals surface area contributed by atoms with Crippen molar-refractivity contribution in [1.29, 1.82) is 0 Å². The van der Waals surface area contributed by atoms with Crippen LogP contribution in [0.4, 0.5) is 13.2 Å². The number of nitrogens with zero attached hydrogens (tertiary/aromatic N) is 1. The van der Waals surface area contributed by atoms with Crippen molar-refractivity contribution < 1.29 is 27.6 Å². The molecule has 0 aromatic carbocycles. The standard InChI is InChI=1S/C7H8F3NO2/c1-11-5(12)2-4(3-6(11)13)7(8,9)10/h4H,2-3H2,1H3/p+1. The molecule has 0 aliphatic carbocycles. The largest absolute Gasteiger partial charge is 0.463 e. The van der Waals surface area contributed by atoms with Crippen molar-refractivity contribution in [3.63, 3.8) is 0 Å². The molecule has 0 aromatic rings. The molecular formula is C7H9F3NO2+. The first-order valence-electron chi connectivity index (χ1n) is 3.70. The van der Waals surface area contributed by atoms with Crippen LogP contribution in [0.25, 0.3) is 0 Å². The zero-order chi connectivity index (χ0) is 10.2. The number of hydrogen-bond donors (Lipinski definition) is 1. The molecule has 1 N–H and O–H groups in total. The van der Waals surface area contributed by atoms with Gasteiger partial charge in [-0.05, 0) is 0 Å². The van der Waals surface area contributed by atoms with Gasteiger partial charge in [-0.15, -0.1) is 4.58 Å². The Bertz CT molecular complexity index is 269. The zero-order valence-corrected chi connectivity index (χ0v) is 6.93. The average molecular weight is 196 g/mol. The maximum absolute atomic E-state index is 12.1. The van der Waals surface area contributed by atoms with E-state index in [9.17, 15) is 18.0 Å². The number of halogens is 3. The second-order valence-corrected chi connectivity index (χ2v) is 3.02. The summed E-state index contributed by atoms with van der Waals surface area (Å²) in [5.74, 6) is -2.96. The third-order valence-corrected chi connectivity index (χ3v) is 2.07. The number of carbonyl (C=O) groups is 1. The highest BCUT2D eigenvalue weighted by molar-refractivity contribution is 5.81. The van der Waals surface area contributed by atoms with E-state index in [1.807, 2.05) is 0 Å². The summed E-state index contributed by atoms with van der Waals surface area (Å²) in [6.07, 6.45) is -5.50. The number of carbonyl (C=O) groups excluding carboxylic acids is 1. The summed E-state index contributed by atoms with van der Waals surface area (Å²) in [6, 6.07) is 0. The second-order valence-electron chi connectivity index (χ2n) is 3.02. The van der Waals surface area contributed by atoms with Gasteiger partial charge in [-0.3, -0.25) is 0 Å². The summed E-state index contributed by atoms with van der Waals surface area (Å²) in [5.41, 5.74) is 0. The summed E-state index contributed by atoms with van der Waals surface area (Å²) in [7, 11) is 1.25. The van der Waals surface area contributed by atoms with E-state index in [0.717, 1.165) is 4.58 Å². The summed E-state index contributed by atoms with van der Waals surface area (Å²) in [4.78, 5) is 10.9. The molecule has 0 saturated carbocycles. The predicted molar refractivity (Wildman–Crippen MR) is 37.6 cm³/mol. The molecule has 1 aliphatic rings. The smallest absolute Gasteiger partial charge is 0.393 e. The molecular weight excluding hydrogens is 187 g/mol. The van der Waals surface area contributed by atoms with E-state index in [4.69, 9.17) is 5.11 Å². The third kappa shape index (κ3) is 1.99. The van der Waals surface area contributed by atoms with Crippen LogP contribution in [0.5, 0.6) is 0 Å². The lowest BCUT2D eigenvalue weighted by Gasteiger charge is -2.19. The highest BCUT2D eigenvalue weighted by atomic mass is 19.4. The van der Waals surface area contributed by atoms with Crippen molar-refractivity contribution in [2.45, 2.75) is 19.0 Å². The second kappa shape index (κ2) is 3.01. The first-order valence-corrected chi connectivity index (χ1v) is 3.70. The number of aliphatic hydroxyl groups excluding tert-OH is 1. The molecule has 1 amide bonds. The first-order chi connectivity index (χ1) is 5.82. The predicted octanol–water partition coefficient (Wildman–Crippen LogP) is 1.08. The van der Waals surface area contributed by atoms with Crippen LogP contribution in [0, 0.1) is 5.92 Å². The Morgan fingerprint density at radius 1 is 1.46 bits per heavy atom. The van der Waals surface area contributed by atoms with E-state index >= 15 is 0 Å². The molecule has 0 spiro atoms. The van der Waals surface area contributed by atoms with Crippen molar-refractivity contribution in [2.75, 3.05) is 7.05 Å². The van der Waals surface area contributed by atoms with Crippen LogP contribution in [0.2, 0.25) is 0 Å². The normalized spacial score (nSPS) is 25.2. The van der Waals surface area contributed by atoms with Crippen LogP contribution < -0.4 is 0 Å². The van der Waals surface area contributed by atoms with Crippen LogP contribution in [0.15, 0.2) is 0 Å². The Balaban J connectivity index is 2.86. The maximum Gasteiger partial charge on any atom is 0.393 e. The lowest BCUT2D eigenvalue weighted by atomic mass is 9.97. The first kappa shape index (κ1) is 10.0. The molecule has 0 fully saturated rings.